The van der Waals surface area contributed by atoms with Crippen molar-refractivity contribution < 1.29 is 0 Å². The Morgan fingerprint density at radius 3 is 2.48 bits per heavy atom. The quantitative estimate of drug-likeness (QED) is 0.835. The van der Waals surface area contributed by atoms with Gasteiger partial charge >= 0.3 is 0 Å². The van der Waals surface area contributed by atoms with Gasteiger partial charge in [-0.3, -0.25) is 0 Å². The molecule has 0 saturated carbocycles. The summed E-state index contributed by atoms with van der Waals surface area (Å²) in [6.07, 6.45) is 2.10. The molecule has 2 rings (SSSR count). The minimum atomic E-state index is 0.141. The zero-order valence-corrected chi connectivity index (χ0v) is 14.3. The van der Waals surface area contributed by atoms with Crippen LogP contribution in [0.5, 0.6) is 0 Å². The highest BCUT2D eigenvalue weighted by molar-refractivity contribution is 7.09. The molecule has 0 bridgehead atoms. The predicted octanol–water partition coefficient (Wildman–Crippen LogP) is 4.72. The molecule has 2 aromatic rings. The molecule has 0 fully saturated rings. The van der Waals surface area contributed by atoms with Crippen LogP contribution in [-0.2, 0) is 11.8 Å². The van der Waals surface area contributed by atoms with Crippen molar-refractivity contribution in [3.8, 4) is 0 Å². The second kappa shape index (κ2) is 7.19. The summed E-state index contributed by atoms with van der Waals surface area (Å²) >= 11 is 1.78. The molecule has 1 heterocycles. The zero-order valence-electron chi connectivity index (χ0n) is 13.5. The maximum Gasteiger partial charge on any atom is 0.0981 e. The third-order valence-corrected chi connectivity index (χ3v) is 4.77. The van der Waals surface area contributed by atoms with E-state index in [2.05, 4.69) is 68.7 Å². The van der Waals surface area contributed by atoms with Crippen molar-refractivity contribution in [3.05, 3.63) is 52.0 Å². The number of aromatic nitrogens is 1. The Balaban J connectivity index is 2.13. The Morgan fingerprint density at radius 2 is 1.90 bits per heavy atom. The molecule has 1 unspecified atom stereocenters. The number of benzene rings is 1. The van der Waals surface area contributed by atoms with Crippen LogP contribution in [0.2, 0.25) is 0 Å². The van der Waals surface area contributed by atoms with Gasteiger partial charge in [-0.2, -0.15) is 0 Å². The maximum absolute atomic E-state index is 4.83. The van der Waals surface area contributed by atoms with Gasteiger partial charge < -0.3 is 5.32 Å². The van der Waals surface area contributed by atoms with Gasteiger partial charge in [-0.1, -0.05) is 58.0 Å². The second-order valence-electron chi connectivity index (χ2n) is 6.52. The number of nitrogens with one attached hydrogen (secondary N) is 1. The van der Waals surface area contributed by atoms with Gasteiger partial charge in [0.2, 0.25) is 0 Å². The molecule has 0 aliphatic heterocycles. The molecule has 1 N–H and O–H groups in total. The third kappa shape index (κ3) is 4.65. The van der Waals surface area contributed by atoms with Gasteiger partial charge in [0, 0.05) is 23.3 Å². The van der Waals surface area contributed by atoms with Crippen LogP contribution < -0.4 is 5.32 Å². The smallest absolute Gasteiger partial charge is 0.0981 e. The van der Waals surface area contributed by atoms with Crippen LogP contribution in [-0.4, -0.2) is 11.5 Å². The normalized spacial score (nSPS) is 13.3. The summed E-state index contributed by atoms with van der Waals surface area (Å²) in [5.74, 6) is 0. The summed E-state index contributed by atoms with van der Waals surface area (Å²) in [6.45, 7) is 9.91. The van der Waals surface area contributed by atoms with Crippen LogP contribution in [0.3, 0.4) is 0 Å². The van der Waals surface area contributed by atoms with Crippen molar-refractivity contribution in [1.29, 1.82) is 0 Å². The number of thiazole rings is 1. The summed E-state index contributed by atoms with van der Waals surface area (Å²) in [5.41, 5.74) is 2.68. The Bertz CT molecular complexity index is 540. The summed E-state index contributed by atoms with van der Waals surface area (Å²) in [4.78, 5) is 4.83. The Hall–Kier alpha value is -1.19. The van der Waals surface area contributed by atoms with Crippen molar-refractivity contribution in [2.75, 3.05) is 6.54 Å². The molecule has 3 heteroatoms. The summed E-state index contributed by atoms with van der Waals surface area (Å²) in [7, 11) is 0. The van der Waals surface area contributed by atoms with E-state index in [1.54, 1.807) is 11.3 Å². The maximum atomic E-state index is 4.83. The van der Waals surface area contributed by atoms with Gasteiger partial charge in [0.05, 0.1) is 10.7 Å². The predicted molar refractivity (Wildman–Crippen MR) is 92.0 cm³/mol. The van der Waals surface area contributed by atoms with Gasteiger partial charge in [-0.15, -0.1) is 11.3 Å². The van der Waals surface area contributed by atoms with Crippen LogP contribution in [0.1, 0.15) is 56.4 Å². The van der Waals surface area contributed by atoms with E-state index in [-0.39, 0.29) is 5.41 Å². The van der Waals surface area contributed by atoms with E-state index in [1.165, 1.54) is 16.3 Å². The minimum absolute atomic E-state index is 0.141. The number of nitrogens with zero attached hydrogens (tertiary/aromatic N) is 1. The van der Waals surface area contributed by atoms with E-state index in [4.69, 9.17) is 4.98 Å². The fourth-order valence-corrected chi connectivity index (χ4v) is 3.19. The second-order valence-corrected chi connectivity index (χ2v) is 7.37. The average Bonchev–Trinajstić information content (AvgIpc) is 2.93. The standard InChI is InChI=1S/C18H26N2S/c1-5-11-19-16(14-9-7-6-8-10-14)12-15-13-21-17(20-15)18(2,3)4/h6-10,13,16,19H,5,11-12H2,1-4H3. The first-order valence-corrected chi connectivity index (χ1v) is 8.62. The SMILES string of the molecule is CCCNC(Cc1csc(C(C)(C)C)n1)c1ccccc1. The third-order valence-electron chi connectivity index (χ3n) is 3.45. The first-order valence-electron chi connectivity index (χ1n) is 7.74. The molecular formula is C18H26N2S. The van der Waals surface area contributed by atoms with E-state index in [0.717, 1.165) is 19.4 Å². The number of hydrogen-bond donors (Lipinski definition) is 1. The highest BCUT2D eigenvalue weighted by atomic mass is 32.1. The number of hydrogen-bond acceptors (Lipinski definition) is 3. The Labute approximate surface area is 132 Å². The molecule has 0 aliphatic carbocycles. The average molecular weight is 302 g/mol. The highest BCUT2D eigenvalue weighted by Crippen LogP contribution is 2.27. The molecule has 0 spiro atoms. The first kappa shape index (κ1) is 16.2. The molecule has 1 aromatic carbocycles. The van der Waals surface area contributed by atoms with Crippen LogP contribution >= 0.6 is 11.3 Å². The molecular weight excluding hydrogens is 276 g/mol. The van der Waals surface area contributed by atoms with Crippen molar-refractivity contribution in [2.45, 2.75) is 52.0 Å². The van der Waals surface area contributed by atoms with Crippen molar-refractivity contribution in [1.82, 2.24) is 10.3 Å². The van der Waals surface area contributed by atoms with Crippen LogP contribution in [0, 0.1) is 0 Å². The van der Waals surface area contributed by atoms with Gasteiger partial charge in [-0.05, 0) is 18.5 Å². The van der Waals surface area contributed by atoms with Crippen molar-refractivity contribution in [3.63, 3.8) is 0 Å². The van der Waals surface area contributed by atoms with Gasteiger partial charge in [0.1, 0.15) is 0 Å². The minimum Gasteiger partial charge on any atom is -0.310 e. The van der Waals surface area contributed by atoms with Gasteiger partial charge in [0.25, 0.3) is 0 Å². The topological polar surface area (TPSA) is 24.9 Å². The lowest BCUT2D eigenvalue weighted by Gasteiger charge is -2.18. The van der Waals surface area contributed by atoms with Crippen LogP contribution in [0.4, 0.5) is 0 Å². The molecule has 0 aliphatic rings. The lowest BCUT2D eigenvalue weighted by molar-refractivity contribution is 0.521. The summed E-state index contributed by atoms with van der Waals surface area (Å²) in [6, 6.07) is 11.0. The summed E-state index contributed by atoms with van der Waals surface area (Å²) in [5, 5.41) is 7.08. The Kier molecular flexibility index (Phi) is 5.54. The monoisotopic (exact) mass is 302 g/mol. The molecule has 114 valence electrons. The molecule has 0 amide bonds. The fourth-order valence-electron chi connectivity index (χ4n) is 2.27. The Morgan fingerprint density at radius 1 is 1.19 bits per heavy atom. The molecule has 21 heavy (non-hydrogen) atoms. The molecule has 2 nitrogen and oxygen atoms in total. The number of rotatable bonds is 6. The molecule has 0 radical (unpaired) electrons. The van der Waals surface area contributed by atoms with E-state index in [9.17, 15) is 0 Å². The zero-order chi connectivity index (χ0) is 15.3. The van der Waals surface area contributed by atoms with Crippen molar-refractivity contribution in [2.24, 2.45) is 0 Å². The van der Waals surface area contributed by atoms with Crippen LogP contribution in [0.15, 0.2) is 35.7 Å². The van der Waals surface area contributed by atoms with Gasteiger partial charge in [0.15, 0.2) is 0 Å². The van der Waals surface area contributed by atoms with E-state index in [0.29, 0.717) is 6.04 Å². The van der Waals surface area contributed by atoms with E-state index < -0.39 is 0 Å². The lowest BCUT2D eigenvalue weighted by atomic mass is 9.98. The first-order chi connectivity index (χ1) is 10.0. The van der Waals surface area contributed by atoms with E-state index in [1.807, 2.05) is 0 Å². The lowest BCUT2D eigenvalue weighted by Crippen LogP contribution is -2.24. The molecule has 1 aromatic heterocycles. The van der Waals surface area contributed by atoms with Gasteiger partial charge in [-0.25, -0.2) is 4.98 Å². The van der Waals surface area contributed by atoms with Crippen molar-refractivity contribution >= 4 is 11.3 Å². The van der Waals surface area contributed by atoms with Crippen LogP contribution in [0.25, 0.3) is 0 Å². The van der Waals surface area contributed by atoms with E-state index >= 15 is 0 Å². The molecule has 1 atom stereocenters. The summed E-state index contributed by atoms with van der Waals surface area (Å²) < 4.78 is 0. The fraction of sp³-hybridized carbons (Fsp3) is 0.500. The molecule has 0 saturated heterocycles. The largest absolute Gasteiger partial charge is 0.310 e. The highest BCUT2D eigenvalue weighted by Gasteiger charge is 2.19.